The molecule has 1 aliphatic carbocycles. The summed E-state index contributed by atoms with van der Waals surface area (Å²) in [4.78, 5) is 23.7. The zero-order valence-corrected chi connectivity index (χ0v) is 14.1. The van der Waals surface area contributed by atoms with Gasteiger partial charge in [-0.3, -0.25) is 4.79 Å². The summed E-state index contributed by atoms with van der Waals surface area (Å²) >= 11 is 0. The first-order valence-corrected chi connectivity index (χ1v) is 8.56. The number of urea groups is 1. The molecular formula is C18H27N3O2. The third-order valence-corrected chi connectivity index (χ3v) is 4.28. The van der Waals surface area contributed by atoms with Crippen LogP contribution >= 0.6 is 0 Å². The van der Waals surface area contributed by atoms with E-state index in [-0.39, 0.29) is 18.0 Å². The lowest BCUT2D eigenvalue weighted by molar-refractivity contribution is -0.115. The highest BCUT2D eigenvalue weighted by Crippen LogP contribution is 2.21. The zero-order valence-electron chi connectivity index (χ0n) is 14.1. The SMILES string of the molecule is CCC(=O)Nc1ccc(C)c(NC(=O)NC2CCCCCC2)c1. The standard InChI is InChI=1S/C18H27N3O2/c1-3-17(22)19-15-11-10-13(2)16(12-15)21-18(23)20-14-8-6-4-5-7-9-14/h10-12,14H,3-9H2,1-2H3,(H,19,22)(H2,20,21,23). The van der Waals surface area contributed by atoms with Crippen molar-refractivity contribution in [2.24, 2.45) is 0 Å². The Morgan fingerprint density at radius 3 is 2.43 bits per heavy atom. The van der Waals surface area contributed by atoms with Crippen LogP contribution in [0.25, 0.3) is 0 Å². The molecule has 1 aliphatic rings. The highest BCUT2D eigenvalue weighted by Gasteiger charge is 2.15. The number of rotatable bonds is 4. The van der Waals surface area contributed by atoms with Gasteiger partial charge in [0.1, 0.15) is 0 Å². The molecule has 3 amide bonds. The van der Waals surface area contributed by atoms with E-state index in [9.17, 15) is 9.59 Å². The molecule has 1 fully saturated rings. The van der Waals surface area contributed by atoms with Crippen molar-refractivity contribution in [2.45, 2.75) is 64.8 Å². The van der Waals surface area contributed by atoms with Crippen LogP contribution in [-0.4, -0.2) is 18.0 Å². The Labute approximate surface area is 138 Å². The summed E-state index contributed by atoms with van der Waals surface area (Å²) in [5.41, 5.74) is 2.40. The van der Waals surface area contributed by atoms with E-state index in [0.29, 0.717) is 12.1 Å². The summed E-state index contributed by atoms with van der Waals surface area (Å²) in [6, 6.07) is 5.64. The van der Waals surface area contributed by atoms with Crippen molar-refractivity contribution in [3.63, 3.8) is 0 Å². The van der Waals surface area contributed by atoms with Crippen LogP contribution in [0.15, 0.2) is 18.2 Å². The number of nitrogens with one attached hydrogen (secondary N) is 3. The van der Waals surface area contributed by atoms with Crippen LogP contribution in [0.3, 0.4) is 0 Å². The second kappa shape index (κ2) is 8.56. The Morgan fingerprint density at radius 1 is 1.09 bits per heavy atom. The summed E-state index contributed by atoms with van der Waals surface area (Å²) < 4.78 is 0. The molecule has 5 nitrogen and oxygen atoms in total. The summed E-state index contributed by atoms with van der Waals surface area (Å²) in [5.74, 6) is -0.0392. The molecule has 0 spiro atoms. The normalized spacial score (nSPS) is 15.6. The lowest BCUT2D eigenvalue weighted by atomic mass is 10.1. The number of amides is 3. The van der Waals surface area contributed by atoms with E-state index >= 15 is 0 Å². The summed E-state index contributed by atoms with van der Waals surface area (Å²) in [6.07, 6.45) is 7.43. The van der Waals surface area contributed by atoms with E-state index in [0.717, 1.165) is 24.1 Å². The Balaban J connectivity index is 1.96. The van der Waals surface area contributed by atoms with Crippen molar-refractivity contribution < 1.29 is 9.59 Å². The zero-order chi connectivity index (χ0) is 16.7. The Kier molecular flexibility index (Phi) is 6.44. The Morgan fingerprint density at radius 2 is 1.78 bits per heavy atom. The molecule has 3 N–H and O–H groups in total. The van der Waals surface area contributed by atoms with Gasteiger partial charge in [-0.15, -0.1) is 0 Å². The molecule has 126 valence electrons. The van der Waals surface area contributed by atoms with E-state index < -0.39 is 0 Å². The van der Waals surface area contributed by atoms with Crippen LogP contribution in [0.5, 0.6) is 0 Å². The van der Waals surface area contributed by atoms with Crippen molar-refractivity contribution in [3.8, 4) is 0 Å². The Bertz CT molecular complexity index is 549. The Hall–Kier alpha value is -2.04. The van der Waals surface area contributed by atoms with Crippen molar-refractivity contribution in [1.82, 2.24) is 5.32 Å². The van der Waals surface area contributed by atoms with Crippen LogP contribution in [0, 0.1) is 6.92 Å². The molecule has 5 heteroatoms. The van der Waals surface area contributed by atoms with Gasteiger partial charge in [0.2, 0.25) is 5.91 Å². The molecule has 1 saturated carbocycles. The van der Waals surface area contributed by atoms with Crippen LogP contribution < -0.4 is 16.0 Å². The summed E-state index contributed by atoms with van der Waals surface area (Å²) in [6.45, 7) is 3.75. The molecule has 23 heavy (non-hydrogen) atoms. The third-order valence-electron chi connectivity index (χ3n) is 4.28. The average molecular weight is 317 g/mol. The lowest BCUT2D eigenvalue weighted by Crippen LogP contribution is -2.37. The fraction of sp³-hybridized carbons (Fsp3) is 0.556. The average Bonchev–Trinajstić information content (AvgIpc) is 2.79. The summed E-state index contributed by atoms with van der Waals surface area (Å²) in [5, 5.41) is 8.79. The van der Waals surface area contributed by atoms with Gasteiger partial charge >= 0.3 is 6.03 Å². The first kappa shape index (κ1) is 17.3. The molecule has 0 bridgehead atoms. The lowest BCUT2D eigenvalue weighted by Gasteiger charge is -2.18. The number of benzene rings is 1. The first-order chi connectivity index (χ1) is 11.1. The number of anilines is 2. The topological polar surface area (TPSA) is 70.2 Å². The van der Waals surface area contributed by atoms with Gasteiger partial charge in [-0.05, 0) is 37.5 Å². The van der Waals surface area contributed by atoms with Crippen molar-refractivity contribution in [1.29, 1.82) is 0 Å². The van der Waals surface area contributed by atoms with Crippen LogP contribution in [0.1, 0.15) is 57.4 Å². The molecule has 0 heterocycles. The van der Waals surface area contributed by atoms with Gasteiger partial charge in [-0.2, -0.15) is 0 Å². The van der Waals surface area contributed by atoms with Gasteiger partial charge in [-0.1, -0.05) is 38.7 Å². The smallest absolute Gasteiger partial charge is 0.319 e. The maximum atomic E-state index is 12.2. The number of hydrogen-bond acceptors (Lipinski definition) is 2. The second-order valence-electron chi connectivity index (χ2n) is 6.22. The fourth-order valence-corrected chi connectivity index (χ4v) is 2.85. The monoisotopic (exact) mass is 317 g/mol. The van der Waals surface area contributed by atoms with Crippen molar-refractivity contribution in [2.75, 3.05) is 10.6 Å². The van der Waals surface area contributed by atoms with Gasteiger partial charge in [0.05, 0.1) is 0 Å². The third kappa shape index (κ3) is 5.58. The van der Waals surface area contributed by atoms with Gasteiger partial charge in [-0.25, -0.2) is 4.79 Å². The van der Waals surface area contributed by atoms with Gasteiger partial charge in [0.25, 0.3) is 0 Å². The summed E-state index contributed by atoms with van der Waals surface area (Å²) in [7, 11) is 0. The number of carbonyl (C=O) groups is 2. The van der Waals surface area contributed by atoms with Gasteiger partial charge in [0, 0.05) is 23.8 Å². The van der Waals surface area contributed by atoms with Crippen molar-refractivity contribution in [3.05, 3.63) is 23.8 Å². The van der Waals surface area contributed by atoms with E-state index in [4.69, 9.17) is 0 Å². The van der Waals surface area contributed by atoms with E-state index in [2.05, 4.69) is 16.0 Å². The minimum absolute atomic E-state index is 0.0392. The quantitative estimate of drug-likeness (QED) is 0.729. The van der Waals surface area contributed by atoms with Gasteiger partial charge in [0.15, 0.2) is 0 Å². The maximum absolute atomic E-state index is 12.2. The minimum atomic E-state index is -0.168. The highest BCUT2D eigenvalue weighted by atomic mass is 16.2. The molecular weight excluding hydrogens is 290 g/mol. The van der Waals surface area contributed by atoms with Crippen molar-refractivity contribution >= 4 is 23.3 Å². The largest absolute Gasteiger partial charge is 0.335 e. The van der Waals surface area contributed by atoms with E-state index in [1.165, 1.54) is 25.7 Å². The first-order valence-electron chi connectivity index (χ1n) is 8.56. The molecule has 0 unspecified atom stereocenters. The molecule has 0 atom stereocenters. The molecule has 0 saturated heterocycles. The van der Waals surface area contributed by atoms with Crippen LogP contribution in [0.2, 0.25) is 0 Å². The molecule has 1 aromatic rings. The number of carbonyl (C=O) groups excluding carboxylic acids is 2. The van der Waals surface area contributed by atoms with Crippen LogP contribution in [-0.2, 0) is 4.79 Å². The second-order valence-corrected chi connectivity index (χ2v) is 6.22. The van der Waals surface area contributed by atoms with E-state index in [1.54, 1.807) is 6.07 Å². The predicted octanol–water partition coefficient (Wildman–Crippen LogP) is 4.19. The highest BCUT2D eigenvalue weighted by molar-refractivity contribution is 5.94. The van der Waals surface area contributed by atoms with Gasteiger partial charge < -0.3 is 16.0 Å². The molecule has 0 radical (unpaired) electrons. The number of hydrogen-bond donors (Lipinski definition) is 3. The molecule has 0 aromatic heterocycles. The van der Waals surface area contributed by atoms with E-state index in [1.807, 2.05) is 26.0 Å². The maximum Gasteiger partial charge on any atom is 0.319 e. The molecule has 1 aromatic carbocycles. The molecule has 0 aliphatic heterocycles. The fourth-order valence-electron chi connectivity index (χ4n) is 2.85. The predicted molar refractivity (Wildman–Crippen MR) is 93.7 cm³/mol. The molecule has 2 rings (SSSR count). The van der Waals surface area contributed by atoms with Crippen LogP contribution in [0.4, 0.5) is 16.2 Å². The number of aryl methyl sites for hydroxylation is 1. The minimum Gasteiger partial charge on any atom is -0.335 e.